The van der Waals surface area contributed by atoms with Gasteiger partial charge < -0.3 is 9.13 Å². The van der Waals surface area contributed by atoms with Crippen molar-refractivity contribution in [2.24, 2.45) is 0 Å². The van der Waals surface area contributed by atoms with E-state index in [9.17, 15) is 42.1 Å². The first-order valence-electron chi connectivity index (χ1n) is 27.1. The Kier molecular flexibility index (Phi) is 13.1. The Labute approximate surface area is 500 Å². The van der Waals surface area contributed by atoms with E-state index in [0.29, 0.717) is 93.8 Å². The third-order valence-electron chi connectivity index (χ3n) is 15.6. The van der Waals surface area contributed by atoms with Crippen LogP contribution >= 0.6 is 0 Å². The van der Waals surface area contributed by atoms with Gasteiger partial charge in [-0.15, -0.1) is 0 Å². The van der Waals surface area contributed by atoms with E-state index in [-0.39, 0.29) is 67.1 Å². The topological polar surface area (TPSA) is 213 Å². The zero-order valence-electron chi connectivity index (χ0n) is 45.7. The average Bonchev–Trinajstić information content (AvgIpc) is 1.56. The standard InChI is InChI=1S/C74H34F3N11/c75-74(76,77)65-34-72(87-68-29-52(56-21-43(35-78)17-44(22-56)36-79)9-13-60(68)61-14-10-53(30-69(61)87)57-23-45(37-80)18-46(24-57)38-81)64(67-8-4-7-66(86-67)51-5-2-1-3-6-51)33-73(65)88-70-31-54(58-25-47(39-82)19-48(26-58)40-83)11-15-62(70)63-16-12-55(32-71(63)88)59-27-49(41-84)20-50(28-59)42-85/h1-34H. The van der Waals surface area contributed by atoms with Gasteiger partial charge in [0, 0.05) is 32.7 Å². The number of rotatable bonds is 8. The summed E-state index contributed by atoms with van der Waals surface area (Å²) in [5.41, 5.74) is 7.73. The summed E-state index contributed by atoms with van der Waals surface area (Å²) in [4.78, 5) is 5.23. The predicted octanol–water partition coefficient (Wildman–Crippen LogP) is 17.3. The lowest BCUT2D eigenvalue weighted by molar-refractivity contribution is -0.137. The molecule has 11 nitrogen and oxygen atoms in total. The van der Waals surface area contributed by atoms with Crippen LogP contribution in [-0.2, 0) is 6.18 Å². The van der Waals surface area contributed by atoms with E-state index in [0.717, 1.165) is 11.6 Å². The van der Waals surface area contributed by atoms with Crippen LogP contribution in [-0.4, -0.2) is 14.1 Å². The van der Waals surface area contributed by atoms with Crippen molar-refractivity contribution in [2.75, 3.05) is 0 Å². The second-order valence-corrected chi connectivity index (χ2v) is 20.8. The van der Waals surface area contributed by atoms with Gasteiger partial charge in [0.25, 0.3) is 0 Å². The van der Waals surface area contributed by atoms with Gasteiger partial charge in [-0.25, -0.2) is 4.98 Å². The van der Waals surface area contributed by atoms with Crippen LogP contribution in [0.3, 0.4) is 0 Å². The molecule has 0 aliphatic carbocycles. The number of pyridine rings is 1. The van der Waals surface area contributed by atoms with E-state index in [1.807, 2.05) is 72.8 Å². The van der Waals surface area contributed by atoms with Gasteiger partial charge in [-0.05, 0) is 166 Å². The smallest absolute Gasteiger partial charge is 0.309 e. The lowest BCUT2D eigenvalue weighted by Gasteiger charge is -2.22. The number of aromatic nitrogens is 3. The number of benzene rings is 10. The molecule has 10 aromatic carbocycles. The molecule has 0 aliphatic rings. The van der Waals surface area contributed by atoms with E-state index < -0.39 is 11.7 Å². The van der Waals surface area contributed by atoms with Crippen molar-refractivity contribution < 1.29 is 13.2 Å². The van der Waals surface area contributed by atoms with Crippen LogP contribution in [0.15, 0.2) is 206 Å². The van der Waals surface area contributed by atoms with Crippen LogP contribution in [0, 0.1) is 90.6 Å². The Morgan fingerprint density at radius 1 is 0.284 bits per heavy atom. The van der Waals surface area contributed by atoms with Gasteiger partial charge in [0.05, 0.1) is 143 Å². The monoisotopic (exact) mass is 1130 g/mol. The lowest BCUT2D eigenvalue weighted by atomic mass is 9.98. The zero-order chi connectivity index (χ0) is 61.0. The third-order valence-corrected chi connectivity index (χ3v) is 15.6. The lowest BCUT2D eigenvalue weighted by Crippen LogP contribution is -2.13. The molecule has 13 aromatic rings. The molecule has 0 radical (unpaired) electrons. The molecule has 406 valence electrons. The van der Waals surface area contributed by atoms with Crippen molar-refractivity contribution in [3.05, 3.63) is 256 Å². The first-order chi connectivity index (χ1) is 42.8. The molecule has 13 rings (SSSR count). The minimum absolute atomic E-state index is 0.0481. The summed E-state index contributed by atoms with van der Waals surface area (Å²) in [6.45, 7) is 0. The van der Waals surface area contributed by atoms with Gasteiger partial charge in [0.15, 0.2) is 0 Å². The highest BCUT2D eigenvalue weighted by molar-refractivity contribution is 6.13. The normalized spacial score (nSPS) is 11.0. The molecule has 0 bridgehead atoms. The van der Waals surface area contributed by atoms with E-state index >= 15 is 13.2 Å². The Balaban J connectivity index is 1.19. The summed E-state index contributed by atoms with van der Waals surface area (Å²) in [6.07, 6.45) is -5.10. The van der Waals surface area contributed by atoms with E-state index in [4.69, 9.17) is 4.98 Å². The van der Waals surface area contributed by atoms with Crippen LogP contribution in [0.25, 0.3) is 122 Å². The van der Waals surface area contributed by atoms with Gasteiger partial charge in [-0.2, -0.15) is 55.3 Å². The molecule has 0 N–H and O–H groups in total. The molecule has 88 heavy (non-hydrogen) atoms. The molecular weight excluding hydrogens is 1100 g/mol. The minimum Gasteiger partial charge on any atom is -0.309 e. The first kappa shape index (κ1) is 53.9. The number of alkyl halides is 3. The molecule has 0 aliphatic heterocycles. The SMILES string of the molecule is N#Cc1cc(C#N)cc(-c2ccc3c4ccc(-c5cc(C#N)cc(C#N)c5)cc4n(-c4cc(C(F)(F)F)c(-n5c6cc(-c7cc(C#N)cc(C#N)c7)ccc6c6ccc(-c7cc(C#N)cc(C#N)c7)cc65)cc4-c4cccc(-c5ccccc5)n4)c3c2)c1. The van der Waals surface area contributed by atoms with E-state index in [1.54, 1.807) is 106 Å². The zero-order valence-corrected chi connectivity index (χ0v) is 45.7. The fourth-order valence-electron chi connectivity index (χ4n) is 11.7. The van der Waals surface area contributed by atoms with Gasteiger partial charge >= 0.3 is 6.18 Å². The molecule has 0 saturated heterocycles. The van der Waals surface area contributed by atoms with Crippen molar-refractivity contribution in [3.63, 3.8) is 0 Å². The quantitative estimate of drug-likeness (QED) is 0.141. The van der Waals surface area contributed by atoms with Gasteiger partial charge in [-0.3, -0.25) is 0 Å². The maximum Gasteiger partial charge on any atom is 0.418 e. The molecule has 14 heteroatoms. The first-order valence-corrected chi connectivity index (χ1v) is 27.1. The number of hydrogen-bond acceptors (Lipinski definition) is 9. The molecule has 0 unspecified atom stereocenters. The number of nitrogens with zero attached hydrogens (tertiary/aromatic N) is 11. The number of halogens is 3. The van der Waals surface area contributed by atoms with Crippen molar-refractivity contribution in [1.82, 2.24) is 14.1 Å². The van der Waals surface area contributed by atoms with Crippen molar-refractivity contribution >= 4 is 43.6 Å². The average molecular weight is 1130 g/mol. The Morgan fingerprint density at radius 2 is 0.602 bits per heavy atom. The van der Waals surface area contributed by atoms with Gasteiger partial charge in [0.1, 0.15) is 0 Å². The molecule has 3 heterocycles. The molecule has 0 atom stereocenters. The summed E-state index contributed by atoms with van der Waals surface area (Å²) in [7, 11) is 0. The minimum atomic E-state index is -5.10. The summed E-state index contributed by atoms with van der Waals surface area (Å²) in [5, 5.41) is 82.8. The van der Waals surface area contributed by atoms with Crippen LogP contribution < -0.4 is 0 Å². The van der Waals surface area contributed by atoms with Crippen molar-refractivity contribution in [2.45, 2.75) is 6.18 Å². The van der Waals surface area contributed by atoms with E-state index in [2.05, 4.69) is 48.6 Å². The number of hydrogen-bond donors (Lipinski definition) is 0. The molecular formula is C74H34F3N11. The maximum atomic E-state index is 17.1. The Hall–Kier alpha value is -13.3. The van der Waals surface area contributed by atoms with Crippen LogP contribution in [0.5, 0.6) is 0 Å². The van der Waals surface area contributed by atoms with Gasteiger partial charge in [-0.1, -0.05) is 84.9 Å². The second kappa shape index (κ2) is 21.4. The summed E-state index contributed by atoms with van der Waals surface area (Å²) >= 11 is 0. The summed E-state index contributed by atoms with van der Waals surface area (Å²) < 4.78 is 54.7. The number of nitriles is 8. The van der Waals surface area contributed by atoms with Crippen LogP contribution in [0.1, 0.15) is 50.1 Å². The fraction of sp³-hybridized carbons (Fsp3) is 0.0135. The highest BCUT2D eigenvalue weighted by atomic mass is 19.4. The highest BCUT2D eigenvalue weighted by Crippen LogP contribution is 2.47. The molecule has 0 fully saturated rings. The predicted molar refractivity (Wildman–Crippen MR) is 328 cm³/mol. The molecule has 0 saturated carbocycles. The van der Waals surface area contributed by atoms with Crippen molar-refractivity contribution in [3.8, 4) is 127 Å². The van der Waals surface area contributed by atoms with Gasteiger partial charge in [0.2, 0.25) is 0 Å². The Bertz CT molecular complexity index is 5160. The van der Waals surface area contributed by atoms with Crippen LogP contribution in [0.2, 0.25) is 0 Å². The number of fused-ring (bicyclic) bond motifs is 6. The molecule has 3 aromatic heterocycles. The van der Waals surface area contributed by atoms with E-state index in [1.165, 1.54) is 30.3 Å². The fourth-order valence-corrected chi connectivity index (χ4v) is 11.7. The highest BCUT2D eigenvalue weighted by Gasteiger charge is 2.37. The Morgan fingerprint density at radius 3 is 0.920 bits per heavy atom. The third kappa shape index (κ3) is 9.45. The summed E-state index contributed by atoms with van der Waals surface area (Å²) in [5.74, 6) is 0. The van der Waals surface area contributed by atoms with Crippen LogP contribution in [0.4, 0.5) is 13.2 Å². The molecule has 0 amide bonds. The maximum absolute atomic E-state index is 17.1. The van der Waals surface area contributed by atoms with Crippen molar-refractivity contribution in [1.29, 1.82) is 42.1 Å². The summed E-state index contributed by atoms with van der Waals surface area (Å²) in [6, 6.07) is 74.6. The second-order valence-electron chi connectivity index (χ2n) is 20.8. The molecule has 0 spiro atoms. The largest absolute Gasteiger partial charge is 0.418 e.